The molecule has 0 amide bonds. The van der Waals surface area contributed by atoms with Gasteiger partial charge in [-0.05, 0) is 69.5 Å². The molecule has 1 aromatic heterocycles. The Morgan fingerprint density at radius 3 is 2.60 bits per heavy atom. The lowest BCUT2D eigenvalue weighted by Gasteiger charge is -2.14. The number of hydrogen-bond acceptors (Lipinski definition) is 5. The zero-order valence-electron chi connectivity index (χ0n) is 16.7. The average molecular weight is 602 g/mol. The number of methoxy groups -OCH3 is 1. The van der Waals surface area contributed by atoms with Crippen LogP contribution < -0.4 is 15.0 Å². The Bertz CT molecular complexity index is 1180. The maximum absolute atomic E-state index is 13.1. The quantitative estimate of drug-likeness (QED) is 0.315. The van der Waals surface area contributed by atoms with E-state index in [1.165, 1.54) is 4.68 Å². The van der Waals surface area contributed by atoms with Crippen molar-refractivity contribution in [1.82, 2.24) is 9.66 Å². The first-order valence-electron chi connectivity index (χ1n) is 9.35. The summed E-state index contributed by atoms with van der Waals surface area (Å²) in [5, 5.41) is 4.99. The van der Waals surface area contributed by atoms with Crippen LogP contribution in [0.3, 0.4) is 0 Å². The van der Waals surface area contributed by atoms with Crippen LogP contribution >= 0.6 is 47.8 Å². The second kappa shape index (κ2) is 10.1. The first-order valence-corrected chi connectivity index (χ1v) is 11.7. The summed E-state index contributed by atoms with van der Waals surface area (Å²) in [4.78, 5) is 17.8. The summed E-state index contributed by atoms with van der Waals surface area (Å²) >= 11 is 10.5. The number of aromatic nitrogens is 2. The largest absolute Gasteiger partial charge is 0.493 e. The molecule has 30 heavy (non-hydrogen) atoms. The highest BCUT2D eigenvalue weighted by molar-refractivity contribution is 9.13. The van der Waals surface area contributed by atoms with Crippen LogP contribution in [0.2, 0.25) is 0 Å². The van der Waals surface area contributed by atoms with Crippen molar-refractivity contribution in [2.75, 3.05) is 13.7 Å². The van der Waals surface area contributed by atoms with Gasteiger partial charge < -0.3 is 9.47 Å². The summed E-state index contributed by atoms with van der Waals surface area (Å²) in [7, 11) is 1.58. The van der Waals surface area contributed by atoms with Crippen molar-refractivity contribution in [2.24, 2.45) is 5.10 Å². The first-order chi connectivity index (χ1) is 14.4. The van der Waals surface area contributed by atoms with Crippen LogP contribution in [0.15, 0.2) is 47.6 Å². The van der Waals surface area contributed by atoms with Gasteiger partial charge in [-0.1, -0.05) is 22.9 Å². The molecule has 0 aliphatic heterocycles. The number of hydrogen-bond donors (Lipinski definition) is 0. The van der Waals surface area contributed by atoms with Gasteiger partial charge in [-0.3, -0.25) is 4.79 Å². The molecule has 0 aliphatic carbocycles. The van der Waals surface area contributed by atoms with Crippen molar-refractivity contribution in [1.29, 1.82) is 0 Å². The van der Waals surface area contributed by atoms with Crippen molar-refractivity contribution in [2.45, 2.75) is 26.7 Å². The maximum Gasteiger partial charge on any atom is 0.282 e. The summed E-state index contributed by atoms with van der Waals surface area (Å²) in [6, 6.07) is 7.27. The number of halogens is 3. The average Bonchev–Trinajstić information content (AvgIpc) is 2.73. The highest BCUT2D eigenvalue weighted by atomic mass is 79.9. The SMILES string of the molecule is CCCc1nc2ccc(Br)cc2c(=O)n1N=Cc1cc(OC)c(OCC)c(Br)c1Br. The van der Waals surface area contributed by atoms with Crippen molar-refractivity contribution < 1.29 is 9.47 Å². The fraction of sp³-hybridized carbons (Fsp3) is 0.286. The normalized spacial score (nSPS) is 11.4. The molecular formula is C21H20Br3N3O3. The molecule has 158 valence electrons. The Balaban J connectivity index is 2.16. The zero-order chi connectivity index (χ0) is 21.8. The fourth-order valence-electron chi connectivity index (χ4n) is 2.95. The van der Waals surface area contributed by atoms with Crippen molar-refractivity contribution in [3.05, 3.63) is 59.4 Å². The number of nitrogens with zero attached hydrogens (tertiary/aromatic N) is 3. The van der Waals surface area contributed by atoms with E-state index in [1.807, 2.05) is 26.0 Å². The summed E-state index contributed by atoms with van der Waals surface area (Å²) < 4.78 is 14.8. The molecule has 0 saturated heterocycles. The molecule has 0 N–H and O–H groups in total. The molecule has 3 rings (SSSR count). The fourth-order valence-corrected chi connectivity index (χ4v) is 4.25. The van der Waals surface area contributed by atoms with Gasteiger partial charge in [0.2, 0.25) is 0 Å². The van der Waals surface area contributed by atoms with Gasteiger partial charge in [0.25, 0.3) is 5.56 Å². The van der Waals surface area contributed by atoms with E-state index in [2.05, 4.69) is 57.9 Å². The lowest BCUT2D eigenvalue weighted by atomic mass is 10.2. The Morgan fingerprint density at radius 1 is 1.17 bits per heavy atom. The summed E-state index contributed by atoms with van der Waals surface area (Å²) in [6.07, 6.45) is 3.09. The van der Waals surface area contributed by atoms with E-state index in [1.54, 1.807) is 25.5 Å². The van der Waals surface area contributed by atoms with E-state index in [0.717, 1.165) is 20.9 Å². The summed E-state index contributed by atoms with van der Waals surface area (Å²) in [5.74, 6) is 1.78. The minimum absolute atomic E-state index is 0.214. The summed E-state index contributed by atoms with van der Waals surface area (Å²) in [5.41, 5.74) is 1.17. The van der Waals surface area contributed by atoms with E-state index >= 15 is 0 Å². The predicted octanol–water partition coefficient (Wildman–Crippen LogP) is 5.93. The molecule has 1 heterocycles. The van der Waals surface area contributed by atoms with Crippen LogP contribution in [0.25, 0.3) is 10.9 Å². The third-order valence-corrected chi connectivity index (χ3v) is 6.96. The lowest BCUT2D eigenvalue weighted by molar-refractivity contribution is 0.308. The standard InChI is InChI=1S/C21H20Br3N3O3/c1-4-6-17-26-15-8-7-13(22)10-14(15)21(28)27(17)25-11-12-9-16(29-3)20(30-5-2)19(24)18(12)23/h7-11H,4-6H2,1-3H3. The molecule has 0 spiro atoms. The van der Waals surface area contributed by atoms with Crippen LogP contribution in [0.1, 0.15) is 31.7 Å². The molecular weight excluding hydrogens is 582 g/mol. The predicted molar refractivity (Wildman–Crippen MR) is 130 cm³/mol. The van der Waals surface area contributed by atoms with Crippen molar-refractivity contribution in [3.8, 4) is 11.5 Å². The Kier molecular flexibility index (Phi) is 7.70. The van der Waals surface area contributed by atoms with E-state index in [4.69, 9.17) is 9.47 Å². The third-order valence-electron chi connectivity index (χ3n) is 4.33. The van der Waals surface area contributed by atoms with Gasteiger partial charge in [0.15, 0.2) is 11.5 Å². The lowest BCUT2D eigenvalue weighted by Crippen LogP contribution is -2.22. The molecule has 2 aromatic carbocycles. The van der Waals surface area contributed by atoms with Crippen molar-refractivity contribution in [3.63, 3.8) is 0 Å². The highest BCUT2D eigenvalue weighted by Crippen LogP contribution is 2.42. The molecule has 0 radical (unpaired) electrons. The second-order valence-corrected chi connectivity index (χ2v) is 8.86. The van der Waals surface area contributed by atoms with Crippen LogP contribution in [0.4, 0.5) is 0 Å². The first kappa shape index (κ1) is 23.0. The molecule has 6 nitrogen and oxygen atoms in total. The van der Waals surface area contributed by atoms with E-state index in [-0.39, 0.29) is 5.56 Å². The van der Waals surface area contributed by atoms with Crippen LogP contribution in [0.5, 0.6) is 11.5 Å². The van der Waals surface area contributed by atoms with Gasteiger partial charge in [0, 0.05) is 20.9 Å². The van der Waals surface area contributed by atoms with Crippen molar-refractivity contribution >= 4 is 64.9 Å². The van der Waals surface area contributed by atoms with E-state index in [0.29, 0.717) is 45.7 Å². The number of benzene rings is 2. The van der Waals surface area contributed by atoms with Gasteiger partial charge in [0.05, 0.1) is 35.3 Å². The van der Waals surface area contributed by atoms with Gasteiger partial charge in [-0.2, -0.15) is 9.78 Å². The molecule has 0 unspecified atom stereocenters. The number of fused-ring (bicyclic) bond motifs is 1. The Hall–Kier alpha value is -1.71. The maximum atomic E-state index is 13.1. The molecule has 3 aromatic rings. The highest BCUT2D eigenvalue weighted by Gasteiger charge is 2.17. The molecule has 0 aliphatic rings. The molecule has 0 atom stereocenters. The molecule has 0 fully saturated rings. The monoisotopic (exact) mass is 599 g/mol. The van der Waals surface area contributed by atoms with Gasteiger partial charge in [-0.15, -0.1) is 0 Å². The summed E-state index contributed by atoms with van der Waals surface area (Å²) in [6.45, 7) is 4.45. The van der Waals surface area contributed by atoms with Gasteiger partial charge >= 0.3 is 0 Å². The van der Waals surface area contributed by atoms with Crippen LogP contribution in [-0.2, 0) is 6.42 Å². The van der Waals surface area contributed by atoms with E-state index < -0.39 is 0 Å². The van der Waals surface area contributed by atoms with Gasteiger partial charge in [0.1, 0.15) is 5.82 Å². The minimum Gasteiger partial charge on any atom is -0.493 e. The number of aryl methyl sites for hydroxylation is 1. The Labute approximate surface area is 199 Å². The zero-order valence-corrected chi connectivity index (χ0v) is 21.5. The molecule has 9 heteroatoms. The van der Waals surface area contributed by atoms with Gasteiger partial charge in [-0.25, -0.2) is 4.98 Å². The van der Waals surface area contributed by atoms with E-state index in [9.17, 15) is 4.79 Å². The topological polar surface area (TPSA) is 65.7 Å². The second-order valence-electron chi connectivity index (χ2n) is 6.36. The number of rotatable bonds is 7. The smallest absolute Gasteiger partial charge is 0.282 e. The third kappa shape index (κ3) is 4.63. The minimum atomic E-state index is -0.214. The number of ether oxygens (including phenoxy) is 2. The Morgan fingerprint density at radius 2 is 1.93 bits per heavy atom. The molecule has 0 bridgehead atoms. The van der Waals surface area contributed by atoms with Crippen LogP contribution in [0, 0.1) is 0 Å². The van der Waals surface area contributed by atoms with Crippen LogP contribution in [-0.4, -0.2) is 29.6 Å². The molecule has 0 saturated carbocycles.